The fourth-order valence-corrected chi connectivity index (χ4v) is 2.35. The van der Waals surface area contributed by atoms with E-state index < -0.39 is 18.3 Å². The molecule has 2 rings (SSSR count). The molecule has 1 aromatic carbocycles. The van der Waals surface area contributed by atoms with E-state index in [1.165, 1.54) is 6.21 Å². The van der Waals surface area contributed by atoms with Crippen LogP contribution >= 0.6 is 0 Å². The van der Waals surface area contributed by atoms with E-state index in [2.05, 4.69) is 10.2 Å². The fourth-order valence-electron chi connectivity index (χ4n) is 2.35. The van der Waals surface area contributed by atoms with Crippen molar-refractivity contribution in [1.82, 2.24) is 0 Å². The fraction of sp³-hybridized carbons (Fsp3) is 0.500. The van der Waals surface area contributed by atoms with Gasteiger partial charge in [0.1, 0.15) is 11.5 Å². The largest absolute Gasteiger partial charge is 0.496 e. The number of benzene rings is 1. The summed E-state index contributed by atoms with van der Waals surface area (Å²) in [4.78, 5) is 0. The first kappa shape index (κ1) is 19.1. The van der Waals surface area contributed by atoms with Crippen LogP contribution in [0.1, 0.15) is 33.3 Å². The van der Waals surface area contributed by atoms with Crippen LogP contribution in [0.15, 0.2) is 22.3 Å². The van der Waals surface area contributed by atoms with E-state index in [-0.39, 0.29) is 5.96 Å². The summed E-state index contributed by atoms with van der Waals surface area (Å²) in [6.07, 6.45) is 1.46. The normalized spacial score (nSPS) is 18.4. The maximum atomic E-state index is 6.08. The molecule has 1 saturated heterocycles. The van der Waals surface area contributed by atoms with Crippen molar-refractivity contribution in [3.8, 4) is 11.5 Å². The highest BCUT2D eigenvalue weighted by Crippen LogP contribution is 2.37. The van der Waals surface area contributed by atoms with Crippen molar-refractivity contribution in [2.24, 2.45) is 21.7 Å². The van der Waals surface area contributed by atoms with Crippen LogP contribution in [0.2, 0.25) is 0 Å². The Bertz CT molecular complexity index is 658. The zero-order valence-corrected chi connectivity index (χ0v) is 15.5. The van der Waals surface area contributed by atoms with Gasteiger partial charge in [-0.3, -0.25) is 0 Å². The molecular weight excluding hydrogens is 323 g/mol. The molecule has 0 aliphatic carbocycles. The minimum absolute atomic E-state index is 0.136. The van der Waals surface area contributed by atoms with Gasteiger partial charge < -0.3 is 30.2 Å². The monoisotopic (exact) mass is 348 g/mol. The van der Waals surface area contributed by atoms with Gasteiger partial charge in [0.05, 0.1) is 37.2 Å². The van der Waals surface area contributed by atoms with Crippen molar-refractivity contribution in [2.75, 3.05) is 14.2 Å². The second kappa shape index (κ2) is 6.93. The summed E-state index contributed by atoms with van der Waals surface area (Å²) in [6, 6.07) is 3.64. The van der Waals surface area contributed by atoms with Crippen LogP contribution in [0.25, 0.3) is 0 Å². The predicted octanol–water partition coefficient (Wildman–Crippen LogP) is 0.610. The van der Waals surface area contributed by atoms with Gasteiger partial charge in [0.15, 0.2) is 0 Å². The molecule has 0 bridgehead atoms. The highest BCUT2D eigenvalue weighted by Gasteiger charge is 2.52. The van der Waals surface area contributed by atoms with Crippen molar-refractivity contribution in [2.45, 2.75) is 38.9 Å². The molecule has 1 aliphatic heterocycles. The van der Waals surface area contributed by atoms with E-state index in [1.807, 2.05) is 39.8 Å². The van der Waals surface area contributed by atoms with Gasteiger partial charge in [0.25, 0.3) is 0 Å². The van der Waals surface area contributed by atoms with E-state index in [9.17, 15) is 0 Å². The molecule has 1 aliphatic rings. The Morgan fingerprint density at radius 1 is 1.04 bits per heavy atom. The van der Waals surface area contributed by atoms with Crippen molar-refractivity contribution in [3.05, 3.63) is 17.7 Å². The van der Waals surface area contributed by atoms with Crippen LogP contribution in [-0.2, 0) is 9.31 Å². The minimum Gasteiger partial charge on any atom is -0.496 e. The van der Waals surface area contributed by atoms with Gasteiger partial charge in [0.2, 0.25) is 5.96 Å². The van der Waals surface area contributed by atoms with Gasteiger partial charge in [-0.1, -0.05) is 0 Å². The first-order valence-electron chi connectivity index (χ1n) is 7.85. The average molecular weight is 348 g/mol. The van der Waals surface area contributed by atoms with Crippen LogP contribution in [0, 0.1) is 0 Å². The number of nitrogens with zero attached hydrogens (tertiary/aromatic N) is 2. The lowest BCUT2D eigenvalue weighted by Crippen LogP contribution is -2.41. The Labute approximate surface area is 148 Å². The van der Waals surface area contributed by atoms with Gasteiger partial charge >= 0.3 is 7.12 Å². The summed E-state index contributed by atoms with van der Waals surface area (Å²) in [6.45, 7) is 7.99. The summed E-state index contributed by atoms with van der Waals surface area (Å²) in [7, 11) is 2.58. The standard InChI is InChI=1S/C16H25BN4O4/c1-15(2)16(3,4)25-17(24-15)10-7-12(22-5)11(13(8-10)23-6)9-20-21-14(18)19/h7-9H,1-6H3,(H4,18,19,21). The number of nitrogens with two attached hydrogens (primary N) is 2. The smallest absolute Gasteiger partial charge is 0.495 e. The summed E-state index contributed by atoms with van der Waals surface area (Å²) in [5.74, 6) is 0.945. The van der Waals surface area contributed by atoms with E-state index in [0.717, 1.165) is 5.46 Å². The molecule has 0 unspecified atom stereocenters. The van der Waals surface area contributed by atoms with E-state index in [0.29, 0.717) is 17.1 Å². The van der Waals surface area contributed by atoms with Crippen LogP contribution in [0.3, 0.4) is 0 Å². The first-order valence-corrected chi connectivity index (χ1v) is 7.85. The molecule has 0 saturated carbocycles. The summed E-state index contributed by atoms with van der Waals surface area (Å²) >= 11 is 0. The second-order valence-corrected chi connectivity index (χ2v) is 6.70. The molecule has 9 heteroatoms. The molecular formula is C16H25BN4O4. The molecule has 0 spiro atoms. The van der Waals surface area contributed by atoms with Crippen LogP contribution in [-0.4, -0.2) is 44.7 Å². The van der Waals surface area contributed by atoms with Gasteiger partial charge in [-0.2, -0.15) is 5.10 Å². The summed E-state index contributed by atoms with van der Waals surface area (Å²) < 4.78 is 23.1. The van der Waals surface area contributed by atoms with Gasteiger partial charge in [0, 0.05) is 0 Å². The molecule has 136 valence electrons. The SMILES string of the molecule is COc1cc(B2OC(C)(C)C(C)(C)O2)cc(OC)c1C=NN=C(N)N. The number of methoxy groups -OCH3 is 2. The van der Waals surface area contributed by atoms with Crippen LogP contribution < -0.4 is 26.4 Å². The number of hydrogen-bond donors (Lipinski definition) is 2. The summed E-state index contributed by atoms with van der Waals surface area (Å²) in [5.41, 5.74) is 11.1. The van der Waals surface area contributed by atoms with E-state index in [4.69, 9.17) is 30.2 Å². The van der Waals surface area contributed by atoms with E-state index in [1.54, 1.807) is 14.2 Å². The van der Waals surface area contributed by atoms with Crippen molar-refractivity contribution in [1.29, 1.82) is 0 Å². The molecule has 1 fully saturated rings. The molecule has 8 nitrogen and oxygen atoms in total. The summed E-state index contributed by atoms with van der Waals surface area (Å²) in [5, 5.41) is 7.41. The average Bonchev–Trinajstić information content (AvgIpc) is 2.74. The van der Waals surface area contributed by atoms with Gasteiger partial charge in [-0.25, -0.2) is 0 Å². The molecule has 25 heavy (non-hydrogen) atoms. The Kier molecular flexibility index (Phi) is 5.29. The van der Waals surface area contributed by atoms with E-state index >= 15 is 0 Å². The third-order valence-electron chi connectivity index (χ3n) is 4.45. The Balaban J connectivity index is 2.43. The molecule has 0 aromatic heterocycles. The molecule has 0 radical (unpaired) electrons. The predicted molar refractivity (Wildman–Crippen MR) is 98.7 cm³/mol. The number of rotatable bonds is 5. The topological polar surface area (TPSA) is 114 Å². The maximum Gasteiger partial charge on any atom is 0.495 e. The second-order valence-electron chi connectivity index (χ2n) is 6.70. The quantitative estimate of drug-likeness (QED) is 0.349. The van der Waals surface area contributed by atoms with Crippen molar-refractivity contribution >= 4 is 24.8 Å². The van der Waals surface area contributed by atoms with Crippen LogP contribution in [0.5, 0.6) is 11.5 Å². The Hall–Kier alpha value is -2.26. The van der Waals surface area contributed by atoms with Crippen molar-refractivity contribution < 1.29 is 18.8 Å². The molecule has 1 heterocycles. The third-order valence-corrected chi connectivity index (χ3v) is 4.45. The Morgan fingerprint density at radius 3 is 1.92 bits per heavy atom. The molecule has 0 amide bonds. The lowest BCUT2D eigenvalue weighted by Gasteiger charge is -2.32. The molecule has 4 N–H and O–H groups in total. The number of hydrogen-bond acceptors (Lipinski definition) is 6. The zero-order valence-electron chi connectivity index (χ0n) is 15.5. The minimum atomic E-state index is -0.531. The maximum absolute atomic E-state index is 6.08. The third kappa shape index (κ3) is 3.88. The molecule has 0 atom stereocenters. The first-order chi connectivity index (χ1) is 11.6. The van der Waals surface area contributed by atoms with Crippen molar-refractivity contribution in [3.63, 3.8) is 0 Å². The lowest BCUT2D eigenvalue weighted by atomic mass is 9.78. The number of guanidine groups is 1. The highest BCUT2D eigenvalue weighted by atomic mass is 16.7. The Morgan fingerprint density at radius 2 is 1.52 bits per heavy atom. The van der Waals surface area contributed by atoms with Gasteiger partial charge in [-0.15, -0.1) is 5.10 Å². The zero-order chi connectivity index (χ0) is 18.8. The highest BCUT2D eigenvalue weighted by molar-refractivity contribution is 6.62. The van der Waals surface area contributed by atoms with Gasteiger partial charge in [-0.05, 0) is 45.3 Å². The number of ether oxygens (including phenoxy) is 2. The molecule has 1 aromatic rings. The van der Waals surface area contributed by atoms with Crippen LogP contribution in [0.4, 0.5) is 0 Å². The lowest BCUT2D eigenvalue weighted by molar-refractivity contribution is 0.00578.